The average Bonchev–Trinajstić information content (AvgIpc) is 3.12. The minimum absolute atomic E-state index is 0.261. The molecule has 4 nitrogen and oxygen atoms in total. The lowest BCUT2D eigenvalue weighted by atomic mass is 9.98. The molecule has 1 aromatic carbocycles. The maximum atomic E-state index is 13.2. The van der Waals surface area contributed by atoms with E-state index in [1.807, 2.05) is 4.90 Å². The van der Waals surface area contributed by atoms with Crippen molar-refractivity contribution in [1.29, 1.82) is 0 Å². The first-order chi connectivity index (χ1) is 11.7. The molecule has 2 aliphatic heterocycles. The molecule has 1 amide bonds. The molecule has 132 valence electrons. The van der Waals surface area contributed by atoms with Crippen molar-refractivity contribution in [3.05, 3.63) is 30.1 Å². The summed E-state index contributed by atoms with van der Waals surface area (Å²) in [4.78, 5) is 16.8. The molecule has 3 rings (SSSR count). The van der Waals surface area contributed by atoms with Crippen molar-refractivity contribution >= 4 is 5.91 Å². The van der Waals surface area contributed by atoms with E-state index in [4.69, 9.17) is 4.74 Å². The van der Waals surface area contributed by atoms with Gasteiger partial charge < -0.3 is 14.5 Å². The number of carbonyl (C=O) groups is 1. The summed E-state index contributed by atoms with van der Waals surface area (Å²) < 4.78 is 18.9. The Morgan fingerprint density at radius 3 is 2.83 bits per heavy atom. The molecule has 0 spiro atoms. The fourth-order valence-corrected chi connectivity index (χ4v) is 3.62. The minimum atomic E-state index is -0.283. The van der Waals surface area contributed by atoms with E-state index in [1.165, 1.54) is 25.0 Å². The van der Waals surface area contributed by atoms with Crippen LogP contribution in [0.25, 0.3) is 0 Å². The van der Waals surface area contributed by atoms with Gasteiger partial charge in [0.2, 0.25) is 5.91 Å². The molecule has 0 saturated carbocycles. The molecule has 0 aromatic heterocycles. The number of nitrogens with zero attached hydrogens (tertiary/aromatic N) is 2. The monoisotopic (exact) mass is 334 g/mol. The maximum Gasteiger partial charge on any atom is 0.223 e. The van der Waals surface area contributed by atoms with Crippen LogP contribution in [0, 0.1) is 11.7 Å². The summed E-state index contributed by atoms with van der Waals surface area (Å²) in [5.74, 6) is 0.873. The molecule has 2 aliphatic rings. The van der Waals surface area contributed by atoms with Gasteiger partial charge >= 0.3 is 0 Å². The average molecular weight is 334 g/mol. The second-order valence-corrected chi connectivity index (χ2v) is 6.92. The molecular weight excluding hydrogens is 307 g/mol. The summed E-state index contributed by atoms with van der Waals surface area (Å²) in [6.45, 7) is 5.32. The molecule has 2 heterocycles. The van der Waals surface area contributed by atoms with E-state index in [-0.39, 0.29) is 11.7 Å². The van der Waals surface area contributed by atoms with Crippen molar-refractivity contribution < 1.29 is 13.9 Å². The lowest BCUT2D eigenvalue weighted by Crippen LogP contribution is -2.42. The number of amides is 1. The van der Waals surface area contributed by atoms with Crippen LogP contribution in [0.1, 0.15) is 32.1 Å². The summed E-state index contributed by atoms with van der Waals surface area (Å²) in [6.07, 6.45) is 5.23. The smallest absolute Gasteiger partial charge is 0.223 e. The van der Waals surface area contributed by atoms with E-state index in [0.717, 1.165) is 45.6 Å². The molecule has 0 bridgehead atoms. The Morgan fingerprint density at radius 1 is 1.21 bits per heavy atom. The van der Waals surface area contributed by atoms with Crippen molar-refractivity contribution in [1.82, 2.24) is 9.80 Å². The highest BCUT2D eigenvalue weighted by molar-refractivity contribution is 5.76. The molecule has 1 atom stereocenters. The zero-order valence-corrected chi connectivity index (χ0v) is 14.3. The van der Waals surface area contributed by atoms with E-state index in [9.17, 15) is 9.18 Å². The Labute approximate surface area is 143 Å². The third kappa shape index (κ3) is 4.94. The van der Waals surface area contributed by atoms with E-state index in [0.29, 0.717) is 24.7 Å². The normalized spacial score (nSPS) is 21.9. The summed E-state index contributed by atoms with van der Waals surface area (Å²) in [6, 6.07) is 6.24. The number of hydrogen-bond donors (Lipinski definition) is 0. The van der Waals surface area contributed by atoms with Crippen LogP contribution in [-0.2, 0) is 4.79 Å². The molecule has 1 unspecified atom stereocenters. The highest BCUT2D eigenvalue weighted by Crippen LogP contribution is 2.20. The summed E-state index contributed by atoms with van der Waals surface area (Å²) >= 11 is 0. The van der Waals surface area contributed by atoms with Gasteiger partial charge in [-0.15, -0.1) is 0 Å². The third-order valence-corrected chi connectivity index (χ3v) is 4.99. The summed E-state index contributed by atoms with van der Waals surface area (Å²) in [7, 11) is 0. The molecule has 0 N–H and O–H groups in total. The Kier molecular flexibility index (Phi) is 6.07. The minimum Gasteiger partial charge on any atom is -0.493 e. The number of benzene rings is 1. The quantitative estimate of drug-likeness (QED) is 0.802. The number of halogens is 1. The Hall–Kier alpha value is -1.62. The fourth-order valence-electron chi connectivity index (χ4n) is 3.62. The molecule has 0 radical (unpaired) electrons. The Balaban J connectivity index is 1.42. The van der Waals surface area contributed by atoms with Crippen LogP contribution in [-0.4, -0.2) is 55.0 Å². The van der Waals surface area contributed by atoms with Gasteiger partial charge in [0, 0.05) is 38.0 Å². The summed E-state index contributed by atoms with van der Waals surface area (Å²) in [5.41, 5.74) is 0. The van der Waals surface area contributed by atoms with Gasteiger partial charge in [-0.1, -0.05) is 6.07 Å². The lowest BCUT2D eigenvalue weighted by molar-refractivity contribution is -0.133. The molecule has 0 aliphatic carbocycles. The molecular formula is C19H27FN2O2. The number of hydrogen-bond acceptors (Lipinski definition) is 3. The number of piperidine rings is 1. The topological polar surface area (TPSA) is 32.8 Å². The highest BCUT2D eigenvalue weighted by Gasteiger charge is 2.24. The number of likely N-dealkylation sites (tertiary alicyclic amines) is 2. The van der Waals surface area contributed by atoms with Crippen LogP contribution in [0.4, 0.5) is 4.39 Å². The van der Waals surface area contributed by atoms with Gasteiger partial charge in [-0.3, -0.25) is 4.79 Å². The molecule has 2 saturated heterocycles. The van der Waals surface area contributed by atoms with Gasteiger partial charge in [-0.25, -0.2) is 4.39 Å². The maximum absolute atomic E-state index is 13.2. The van der Waals surface area contributed by atoms with Gasteiger partial charge in [0.1, 0.15) is 11.6 Å². The van der Waals surface area contributed by atoms with Crippen molar-refractivity contribution in [3.8, 4) is 5.75 Å². The van der Waals surface area contributed by atoms with Gasteiger partial charge in [0.15, 0.2) is 0 Å². The first kappa shape index (κ1) is 17.2. The number of ether oxygens (including phenoxy) is 1. The van der Waals surface area contributed by atoms with Crippen molar-refractivity contribution in [2.75, 3.05) is 39.3 Å². The Bertz CT molecular complexity index is 546. The molecule has 1 aromatic rings. The molecule has 24 heavy (non-hydrogen) atoms. The van der Waals surface area contributed by atoms with Crippen molar-refractivity contribution in [2.24, 2.45) is 5.92 Å². The third-order valence-electron chi connectivity index (χ3n) is 4.99. The van der Waals surface area contributed by atoms with Crippen molar-refractivity contribution in [3.63, 3.8) is 0 Å². The van der Waals surface area contributed by atoms with Gasteiger partial charge in [0.05, 0.1) is 6.61 Å². The van der Waals surface area contributed by atoms with Crippen LogP contribution >= 0.6 is 0 Å². The zero-order chi connectivity index (χ0) is 16.8. The largest absolute Gasteiger partial charge is 0.493 e. The zero-order valence-electron chi connectivity index (χ0n) is 14.3. The predicted molar refractivity (Wildman–Crippen MR) is 91.5 cm³/mol. The second-order valence-electron chi connectivity index (χ2n) is 6.92. The van der Waals surface area contributed by atoms with Crippen LogP contribution in [0.15, 0.2) is 24.3 Å². The van der Waals surface area contributed by atoms with Gasteiger partial charge in [-0.05, 0) is 50.9 Å². The van der Waals surface area contributed by atoms with Gasteiger partial charge in [-0.2, -0.15) is 0 Å². The van der Waals surface area contributed by atoms with Crippen LogP contribution in [0.5, 0.6) is 5.75 Å². The first-order valence-corrected chi connectivity index (χ1v) is 9.09. The lowest BCUT2D eigenvalue weighted by Gasteiger charge is -2.33. The molecule has 5 heteroatoms. The van der Waals surface area contributed by atoms with Crippen LogP contribution < -0.4 is 4.74 Å². The van der Waals surface area contributed by atoms with Crippen molar-refractivity contribution in [2.45, 2.75) is 32.1 Å². The summed E-state index contributed by atoms with van der Waals surface area (Å²) in [5, 5.41) is 0. The highest BCUT2D eigenvalue weighted by atomic mass is 19.1. The number of carbonyl (C=O) groups excluding carboxylic acids is 1. The first-order valence-electron chi connectivity index (χ1n) is 9.09. The number of rotatable bonds is 6. The Morgan fingerprint density at radius 2 is 2.04 bits per heavy atom. The second kappa shape index (κ2) is 8.47. The van der Waals surface area contributed by atoms with E-state index >= 15 is 0 Å². The van der Waals surface area contributed by atoms with E-state index < -0.39 is 0 Å². The van der Waals surface area contributed by atoms with E-state index in [1.54, 1.807) is 12.1 Å². The van der Waals surface area contributed by atoms with E-state index in [2.05, 4.69) is 4.90 Å². The standard InChI is InChI=1S/C19H27FN2O2/c20-17-6-3-7-18(13-17)24-15-16-5-4-11-22(14-16)19(23)8-12-21-9-1-2-10-21/h3,6-7,13,16H,1-2,4-5,8-12,14-15H2. The van der Waals surface area contributed by atoms with Crippen LogP contribution in [0.2, 0.25) is 0 Å². The fraction of sp³-hybridized carbons (Fsp3) is 0.632. The van der Waals surface area contributed by atoms with Gasteiger partial charge in [0.25, 0.3) is 0 Å². The molecule has 2 fully saturated rings. The SMILES string of the molecule is O=C(CCN1CCCC1)N1CCCC(COc2cccc(F)c2)C1. The predicted octanol–water partition coefficient (Wildman–Crippen LogP) is 2.93. The van der Waals surface area contributed by atoms with Crippen LogP contribution in [0.3, 0.4) is 0 Å².